The zero-order chi connectivity index (χ0) is 11.2. The van der Waals surface area contributed by atoms with Crippen molar-refractivity contribution in [3.63, 3.8) is 0 Å². The molecule has 2 atom stereocenters. The molecule has 1 aliphatic rings. The Balaban J connectivity index is 1.71. The number of ether oxygens (including phenoxy) is 1. The van der Waals surface area contributed by atoms with Crippen LogP contribution in [0.15, 0.2) is 30.3 Å². The molecule has 0 aliphatic heterocycles. The first kappa shape index (κ1) is 11.6. The fourth-order valence-electron chi connectivity index (χ4n) is 2.31. The molecular formula is C14H21NO. The highest BCUT2D eigenvalue weighted by molar-refractivity contribution is 5.14. The molecule has 0 spiro atoms. The molecule has 0 unspecified atom stereocenters. The van der Waals surface area contributed by atoms with E-state index in [4.69, 9.17) is 10.5 Å². The van der Waals surface area contributed by atoms with E-state index < -0.39 is 0 Å². The molecule has 0 amide bonds. The van der Waals surface area contributed by atoms with Gasteiger partial charge in [-0.25, -0.2) is 0 Å². The predicted octanol–water partition coefficient (Wildman–Crippen LogP) is 2.52. The molecule has 1 aromatic rings. The predicted molar refractivity (Wildman–Crippen MR) is 66.3 cm³/mol. The molecule has 1 fully saturated rings. The Morgan fingerprint density at radius 2 is 1.88 bits per heavy atom. The summed E-state index contributed by atoms with van der Waals surface area (Å²) in [4.78, 5) is 0. The quantitative estimate of drug-likeness (QED) is 0.844. The average Bonchev–Trinajstić information content (AvgIpc) is 2.33. The standard InChI is InChI=1S/C14H21NO/c15-13-8-4-5-9-14(13)16-11-10-12-6-2-1-3-7-12/h1-3,6-7,13-14H,4-5,8-11,15H2/t13-,14+/m0/s1. The molecule has 2 rings (SSSR count). The topological polar surface area (TPSA) is 35.2 Å². The summed E-state index contributed by atoms with van der Waals surface area (Å²) in [6.07, 6.45) is 6.07. The monoisotopic (exact) mass is 219 g/mol. The van der Waals surface area contributed by atoms with E-state index in [2.05, 4.69) is 24.3 Å². The van der Waals surface area contributed by atoms with Crippen LogP contribution in [0.2, 0.25) is 0 Å². The Morgan fingerprint density at radius 3 is 2.62 bits per heavy atom. The first-order valence-electron chi connectivity index (χ1n) is 6.27. The largest absolute Gasteiger partial charge is 0.376 e. The maximum absolute atomic E-state index is 6.03. The van der Waals surface area contributed by atoms with Crippen molar-refractivity contribution < 1.29 is 4.74 Å². The summed E-state index contributed by atoms with van der Waals surface area (Å²) in [6, 6.07) is 10.7. The zero-order valence-corrected chi connectivity index (χ0v) is 9.77. The van der Waals surface area contributed by atoms with Crippen molar-refractivity contribution in [2.45, 2.75) is 44.2 Å². The fraction of sp³-hybridized carbons (Fsp3) is 0.571. The second-order valence-electron chi connectivity index (χ2n) is 4.59. The lowest BCUT2D eigenvalue weighted by Gasteiger charge is -2.28. The highest BCUT2D eigenvalue weighted by Crippen LogP contribution is 2.19. The van der Waals surface area contributed by atoms with Crippen LogP contribution in [0.5, 0.6) is 0 Å². The molecule has 2 N–H and O–H groups in total. The number of nitrogens with two attached hydrogens (primary N) is 1. The zero-order valence-electron chi connectivity index (χ0n) is 9.77. The molecule has 1 aliphatic carbocycles. The van der Waals surface area contributed by atoms with Gasteiger partial charge in [-0.3, -0.25) is 0 Å². The molecule has 1 aromatic carbocycles. The molecule has 2 heteroatoms. The smallest absolute Gasteiger partial charge is 0.0726 e. The molecule has 1 saturated carbocycles. The van der Waals surface area contributed by atoms with Crippen LogP contribution in [-0.4, -0.2) is 18.8 Å². The van der Waals surface area contributed by atoms with E-state index in [1.54, 1.807) is 0 Å². The fourth-order valence-corrected chi connectivity index (χ4v) is 2.31. The lowest BCUT2D eigenvalue weighted by molar-refractivity contribution is 0.0169. The van der Waals surface area contributed by atoms with Crippen LogP contribution in [0, 0.1) is 0 Å². The normalized spacial score (nSPS) is 25.6. The Hall–Kier alpha value is -0.860. The Kier molecular flexibility index (Phi) is 4.37. The van der Waals surface area contributed by atoms with Crippen molar-refractivity contribution in [3.05, 3.63) is 35.9 Å². The van der Waals surface area contributed by atoms with Crippen LogP contribution in [-0.2, 0) is 11.2 Å². The number of hydrogen-bond acceptors (Lipinski definition) is 2. The van der Waals surface area contributed by atoms with Gasteiger partial charge in [-0.15, -0.1) is 0 Å². The summed E-state index contributed by atoms with van der Waals surface area (Å²) < 4.78 is 5.87. The van der Waals surface area contributed by atoms with Gasteiger partial charge in [-0.05, 0) is 24.8 Å². The van der Waals surface area contributed by atoms with Crippen molar-refractivity contribution in [1.29, 1.82) is 0 Å². The van der Waals surface area contributed by atoms with Gasteiger partial charge in [0, 0.05) is 6.04 Å². The first-order valence-corrected chi connectivity index (χ1v) is 6.27. The molecule has 88 valence electrons. The van der Waals surface area contributed by atoms with E-state index >= 15 is 0 Å². The van der Waals surface area contributed by atoms with Gasteiger partial charge < -0.3 is 10.5 Å². The second-order valence-corrected chi connectivity index (χ2v) is 4.59. The van der Waals surface area contributed by atoms with Crippen LogP contribution in [0.4, 0.5) is 0 Å². The van der Waals surface area contributed by atoms with E-state index in [1.165, 1.54) is 18.4 Å². The molecule has 0 radical (unpaired) electrons. The molecule has 0 heterocycles. The molecule has 2 nitrogen and oxygen atoms in total. The summed E-state index contributed by atoms with van der Waals surface area (Å²) in [7, 11) is 0. The van der Waals surface area contributed by atoms with Gasteiger partial charge in [-0.2, -0.15) is 0 Å². The van der Waals surface area contributed by atoms with Crippen LogP contribution < -0.4 is 5.73 Å². The van der Waals surface area contributed by atoms with Crippen molar-refractivity contribution in [1.82, 2.24) is 0 Å². The Morgan fingerprint density at radius 1 is 1.12 bits per heavy atom. The van der Waals surface area contributed by atoms with Gasteiger partial charge in [0.2, 0.25) is 0 Å². The highest BCUT2D eigenvalue weighted by atomic mass is 16.5. The minimum absolute atomic E-state index is 0.254. The summed E-state index contributed by atoms with van der Waals surface area (Å²) >= 11 is 0. The Labute approximate surface area is 97.8 Å². The van der Waals surface area contributed by atoms with Crippen molar-refractivity contribution in [2.24, 2.45) is 5.73 Å². The number of benzene rings is 1. The van der Waals surface area contributed by atoms with Crippen LogP contribution >= 0.6 is 0 Å². The van der Waals surface area contributed by atoms with Crippen LogP contribution in [0.1, 0.15) is 31.2 Å². The van der Waals surface area contributed by atoms with Gasteiger partial charge in [0.25, 0.3) is 0 Å². The SMILES string of the molecule is N[C@H]1CCCC[C@H]1OCCc1ccccc1. The second kappa shape index (κ2) is 6.02. The maximum Gasteiger partial charge on any atom is 0.0726 e. The summed E-state index contributed by atoms with van der Waals surface area (Å²) in [5.41, 5.74) is 7.37. The summed E-state index contributed by atoms with van der Waals surface area (Å²) in [5, 5.41) is 0. The lowest BCUT2D eigenvalue weighted by Crippen LogP contribution is -2.39. The minimum atomic E-state index is 0.254. The molecule has 16 heavy (non-hydrogen) atoms. The van der Waals surface area contributed by atoms with Crippen LogP contribution in [0.25, 0.3) is 0 Å². The third-order valence-electron chi connectivity index (χ3n) is 3.32. The van der Waals surface area contributed by atoms with Gasteiger partial charge in [0.1, 0.15) is 0 Å². The van der Waals surface area contributed by atoms with E-state index in [0.29, 0.717) is 0 Å². The van der Waals surface area contributed by atoms with Crippen molar-refractivity contribution in [2.75, 3.05) is 6.61 Å². The average molecular weight is 219 g/mol. The lowest BCUT2D eigenvalue weighted by atomic mass is 9.93. The third-order valence-corrected chi connectivity index (χ3v) is 3.32. The number of hydrogen-bond donors (Lipinski definition) is 1. The van der Waals surface area contributed by atoms with Gasteiger partial charge >= 0.3 is 0 Å². The van der Waals surface area contributed by atoms with Gasteiger partial charge in [0.15, 0.2) is 0 Å². The van der Waals surface area contributed by atoms with E-state index in [9.17, 15) is 0 Å². The minimum Gasteiger partial charge on any atom is -0.376 e. The van der Waals surface area contributed by atoms with Gasteiger partial charge in [-0.1, -0.05) is 43.2 Å². The first-order chi connectivity index (χ1) is 7.86. The molecular weight excluding hydrogens is 198 g/mol. The molecule has 0 aromatic heterocycles. The number of rotatable bonds is 4. The summed E-state index contributed by atoms with van der Waals surface area (Å²) in [6.45, 7) is 0.794. The van der Waals surface area contributed by atoms with Crippen LogP contribution in [0.3, 0.4) is 0 Å². The van der Waals surface area contributed by atoms with E-state index in [0.717, 1.165) is 25.9 Å². The van der Waals surface area contributed by atoms with E-state index in [1.807, 2.05) is 6.07 Å². The summed E-state index contributed by atoms with van der Waals surface area (Å²) in [5.74, 6) is 0. The third kappa shape index (κ3) is 3.32. The van der Waals surface area contributed by atoms with Gasteiger partial charge in [0.05, 0.1) is 12.7 Å². The highest BCUT2D eigenvalue weighted by Gasteiger charge is 2.21. The van der Waals surface area contributed by atoms with Crippen molar-refractivity contribution in [3.8, 4) is 0 Å². The Bertz CT molecular complexity index is 299. The maximum atomic E-state index is 6.03. The molecule has 0 bridgehead atoms. The van der Waals surface area contributed by atoms with Crippen molar-refractivity contribution >= 4 is 0 Å². The van der Waals surface area contributed by atoms with E-state index in [-0.39, 0.29) is 12.1 Å². The molecule has 0 saturated heterocycles.